The molecule has 22 heavy (non-hydrogen) atoms. The number of piperidine rings is 1. The summed E-state index contributed by atoms with van der Waals surface area (Å²) in [6.07, 6.45) is 3.98. The van der Waals surface area contributed by atoms with Crippen molar-refractivity contribution in [2.24, 2.45) is 10.9 Å². The van der Waals surface area contributed by atoms with Crippen molar-refractivity contribution in [1.82, 2.24) is 15.5 Å². The van der Waals surface area contributed by atoms with E-state index in [4.69, 9.17) is 4.74 Å². The van der Waals surface area contributed by atoms with Gasteiger partial charge in [0, 0.05) is 19.6 Å². The lowest BCUT2D eigenvalue weighted by Gasteiger charge is -2.26. The molecule has 1 fully saturated rings. The second-order valence-corrected chi connectivity index (χ2v) is 5.47. The topological polar surface area (TPSA) is 66.0 Å². The summed E-state index contributed by atoms with van der Waals surface area (Å²) >= 11 is 0. The Morgan fingerprint density at radius 1 is 1.27 bits per heavy atom. The number of ether oxygens (including phenoxy) is 1. The molecule has 0 aromatic heterocycles. The predicted octanol–water partition coefficient (Wildman–Crippen LogP) is 1.45. The average Bonchev–Trinajstić information content (AvgIpc) is 2.52. The van der Waals surface area contributed by atoms with Crippen LogP contribution in [0.2, 0.25) is 0 Å². The lowest BCUT2D eigenvalue weighted by Crippen LogP contribution is -2.43. The Morgan fingerprint density at radius 2 is 1.95 bits per heavy atom. The number of esters is 1. The molecule has 1 rings (SSSR count). The summed E-state index contributed by atoms with van der Waals surface area (Å²) in [5, 5.41) is 6.53. The van der Waals surface area contributed by atoms with E-state index in [1.807, 2.05) is 13.8 Å². The van der Waals surface area contributed by atoms with Gasteiger partial charge in [-0.1, -0.05) is 13.3 Å². The van der Waals surface area contributed by atoms with Gasteiger partial charge in [-0.25, -0.2) is 0 Å². The molecular weight excluding hydrogens is 395 g/mol. The highest BCUT2D eigenvalue weighted by Crippen LogP contribution is 2.07. The summed E-state index contributed by atoms with van der Waals surface area (Å²) in [4.78, 5) is 18.3. The molecule has 2 N–H and O–H groups in total. The molecule has 0 saturated carbocycles. The monoisotopic (exact) mass is 426 g/mol. The Labute approximate surface area is 151 Å². The van der Waals surface area contributed by atoms with Crippen molar-refractivity contribution in [2.45, 2.75) is 33.1 Å². The molecule has 0 radical (unpaired) electrons. The Kier molecular flexibility index (Phi) is 12.6. The van der Waals surface area contributed by atoms with Gasteiger partial charge in [-0.15, -0.1) is 24.0 Å². The largest absolute Gasteiger partial charge is 0.469 e. The fourth-order valence-electron chi connectivity index (χ4n) is 2.36. The summed E-state index contributed by atoms with van der Waals surface area (Å²) in [7, 11) is 1.41. The van der Waals surface area contributed by atoms with Crippen LogP contribution in [0.25, 0.3) is 0 Å². The van der Waals surface area contributed by atoms with Gasteiger partial charge < -0.3 is 20.3 Å². The fourth-order valence-corrected chi connectivity index (χ4v) is 2.36. The molecule has 7 heteroatoms. The van der Waals surface area contributed by atoms with Crippen LogP contribution in [-0.4, -0.2) is 63.2 Å². The van der Waals surface area contributed by atoms with Gasteiger partial charge in [-0.2, -0.15) is 0 Å². The highest BCUT2D eigenvalue weighted by Gasteiger charge is 2.13. The first-order valence-corrected chi connectivity index (χ1v) is 7.99. The van der Waals surface area contributed by atoms with Crippen LogP contribution in [0, 0.1) is 5.92 Å². The van der Waals surface area contributed by atoms with Gasteiger partial charge in [0.05, 0.1) is 19.6 Å². The minimum atomic E-state index is -0.220. The maximum absolute atomic E-state index is 11.4. The van der Waals surface area contributed by atoms with Crippen LogP contribution in [0.4, 0.5) is 0 Å². The number of methoxy groups -OCH3 is 1. The third-order valence-electron chi connectivity index (χ3n) is 3.64. The Balaban J connectivity index is 0.00000441. The van der Waals surface area contributed by atoms with Crippen molar-refractivity contribution < 1.29 is 9.53 Å². The number of halogens is 1. The Hall–Kier alpha value is -0.570. The number of aliphatic imine (C=N–C) groups is 1. The van der Waals surface area contributed by atoms with Crippen molar-refractivity contribution in [3.8, 4) is 0 Å². The van der Waals surface area contributed by atoms with E-state index in [2.05, 4.69) is 20.5 Å². The van der Waals surface area contributed by atoms with Gasteiger partial charge in [0.2, 0.25) is 0 Å². The summed E-state index contributed by atoms with van der Waals surface area (Å²) in [5.41, 5.74) is 0. The molecule has 0 aliphatic carbocycles. The Morgan fingerprint density at radius 3 is 2.55 bits per heavy atom. The van der Waals surface area contributed by atoms with Gasteiger partial charge >= 0.3 is 5.97 Å². The smallest absolute Gasteiger partial charge is 0.310 e. The third kappa shape index (κ3) is 8.77. The first kappa shape index (κ1) is 21.4. The second-order valence-electron chi connectivity index (χ2n) is 5.47. The van der Waals surface area contributed by atoms with E-state index in [-0.39, 0.29) is 35.9 Å². The molecule has 6 nitrogen and oxygen atoms in total. The molecule has 1 saturated heterocycles. The molecule has 1 atom stereocenters. The van der Waals surface area contributed by atoms with Crippen molar-refractivity contribution in [2.75, 3.05) is 46.4 Å². The maximum atomic E-state index is 11.4. The lowest BCUT2D eigenvalue weighted by atomic mass is 10.1. The molecule has 0 amide bonds. The SMILES string of the molecule is CCNC(=NCC(C)C(=O)OC)NCCN1CCCCC1.I. The molecule has 1 heterocycles. The first-order chi connectivity index (χ1) is 10.2. The zero-order valence-corrected chi connectivity index (χ0v) is 16.4. The molecule has 1 unspecified atom stereocenters. The van der Waals surface area contributed by atoms with E-state index < -0.39 is 0 Å². The lowest BCUT2D eigenvalue weighted by molar-refractivity contribution is -0.144. The van der Waals surface area contributed by atoms with Crippen LogP contribution >= 0.6 is 24.0 Å². The highest BCUT2D eigenvalue weighted by atomic mass is 127. The van der Waals surface area contributed by atoms with Gasteiger partial charge in [0.25, 0.3) is 0 Å². The van der Waals surface area contributed by atoms with Crippen LogP contribution in [-0.2, 0) is 9.53 Å². The molecular formula is C15H31IN4O2. The minimum absolute atomic E-state index is 0. The van der Waals surface area contributed by atoms with Crippen molar-refractivity contribution in [3.05, 3.63) is 0 Å². The normalized spacial score (nSPS) is 17.3. The quantitative estimate of drug-likeness (QED) is 0.279. The summed E-state index contributed by atoms with van der Waals surface area (Å²) < 4.78 is 4.71. The molecule has 0 aromatic rings. The number of carbonyl (C=O) groups is 1. The molecule has 1 aliphatic rings. The Bertz CT molecular complexity index is 334. The van der Waals surface area contributed by atoms with Crippen LogP contribution in [0.15, 0.2) is 4.99 Å². The van der Waals surface area contributed by atoms with Gasteiger partial charge in [-0.05, 0) is 32.9 Å². The number of hydrogen-bond acceptors (Lipinski definition) is 4. The third-order valence-corrected chi connectivity index (χ3v) is 3.64. The number of likely N-dealkylation sites (tertiary alicyclic amines) is 1. The van der Waals surface area contributed by atoms with Crippen molar-refractivity contribution >= 4 is 35.9 Å². The predicted molar refractivity (Wildman–Crippen MR) is 101 cm³/mol. The number of guanidine groups is 1. The van der Waals surface area contributed by atoms with E-state index in [0.29, 0.717) is 6.54 Å². The number of carbonyl (C=O) groups excluding carboxylic acids is 1. The van der Waals surface area contributed by atoms with E-state index in [9.17, 15) is 4.79 Å². The van der Waals surface area contributed by atoms with Crippen molar-refractivity contribution in [1.29, 1.82) is 0 Å². The average molecular weight is 426 g/mol. The van der Waals surface area contributed by atoms with E-state index in [1.165, 1.54) is 39.5 Å². The van der Waals surface area contributed by atoms with Crippen LogP contribution < -0.4 is 10.6 Å². The van der Waals surface area contributed by atoms with Crippen LogP contribution in [0.3, 0.4) is 0 Å². The van der Waals surface area contributed by atoms with E-state index >= 15 is 0 Å². The molecule has 0 bridgehead atoms. The van der Waals surface area contributed by atoms with Crippen LogP contribution in [0.1, 0.15) is 33.1 Å². The number of rotatable bonds is 7. The van der Waals surface area contributed by atoms with Crippen LogP contribution in [0.5, 0.6) is 0 Å². The number of nitrogens with one attached hydrogen (secondary N) is 2. The fraction of sp³-hybridized carbons (Fsp3) is 0.867. The molecule has 130 valence electrons. The van der Waals surface area contributed by atoms with Gasteiger partial charge in [0.15, 0.2) is 5.96 Å². The van der Waals surface area contributed by atoms with E-state index in [1.54, 1.807) is 0 Å². The molecule has 0 spiro atoms. The second kappa shape index (κ2) is 12.9. The summed E-state index contributed by atoms with van der Waals surface area (Å²) in [6, 6.07) is 0. The van der Waals surface area contributed by atoms with Crippen molar-refractivity contribution in [3.63, 3.8) is 0 Å². The first-order valence-electron chi connectivity index (χ1n) is 7.99. The number of nitrogens with zero attached hydrogens (tertiary/aromatic N) is 2. The molecule has 1 aliphatic heterocycles. The number of hydrogen-bond donors (Lipinski definition) is 2. The zero-order valence-electron chi connectivity index (χ0n) is 14.1. The van der Waals surface area contributed by atoms with E-state index in [0.717, 1.165) is 25.6 Å². The standard InChI is InChI=1S/C15H30N4O2.HI/c1-4-16-15(18-12-13(2)14(20)21-3)17-8-11-19-9-6-5-7-10-19;/h13H,4-12H2,1-3H3,(H2,16,17,18);1H. The summed E-state index contributed by atoms with van der Waals surface area (Å²) in [6.45, 7) is 9.42. The van der Waals surface area contributed by atoms with Gasteiger partial charge in [0.1, 0.15) is 0 Å². The highest BCUT2D eigenvalue weighted by molar-refractivity contribution is 14.0. The van der Waals surface area contributed by atoms with Gasteiger partial charge in [-0.3, -0.25) is 9.79 Å². The maximum Gasteiger partial charge on any atom is 0.310 e. The molecule has 0 aromatic carbocycles. The minimum Gasteiger partial charge on any atom is -0.469 e. The zero-order chi connectivity index (χ0) is 15.5. The summed E-state index contributed by atoms with van der Waals surface area (Å²) in [5.74, 6) is 0.334.